The number of pyridine rings is 1. The molecule has 9 heteroatoms. The Balaban J connectivity index is 0.00000341. The first kappa shape index (κ1) is 24.9. The molecule has 0 radical (unpaired) electrons. The first-order valence-electron chi connectivity index (χ1n) is 9.84. The monoisotopic (exact) mass is 553 g/mol. The second kappa shape index (κ2) is 13.8. The van der Waals surface area contributed by atoms with Gasteiger partial charge in [0.05, 0.1) is 5.01 Å². The van der Waals surface area contributed by atoms with E-state index in [4.69, 9.17) is 9.47 Å². The lowest BCUT2D eigenvalue weighted by molar-refractivity contribution is 0.212. The molecule has 2 heterocycles. The van der Waals surface area contributed by atoms with Crippen LogP contribution in [0.5, 0.6) is 11.6 Å². The van der Waals surface area contributed by atoms with E-state index < -0.39 is 0 Å². The maximum atomic E-state index is 5.63. The van der Waals surface area contributed by atoms with Gasteiger partial charge in [0.2, 0.25) is 5.88 Å². The van der Waals surface area contributed by atoms with Crippen molar-refractivity contribution in [2.75, 3.05) is 26.8 Å². The maximum absolute atomic E-state index is 5.63. The van der Waals surface area contributed by atoms with Crippen LogP contribution in [0.2, 0.25) is 0 Å². The lowest BCUT2D eigenvalue weighted by Gasteiger charge is -2.12. The fraction of sp³-hybridized carbons (Fsp3) is 0.318. The number of aromatic nitrogens is 2. The highest BCUT2D eigenvalue weighted by Crippen LogP contribution is 2.11. The van der Waals surface area contributed by atoms with Crippen LogP contribution in [0.4, 0.5) is 0 Å². The molecule has 0 spiro atoms. The summed E-state index contributed by atoms with van der Waals surface area (Å²) in [4.78, 5) is 14.2. The molecule has 0 unspecified atom stereocenters. The number of nitrogens with one attached hydrogen (secondary N) is 2. The Morgan fingerprint density at radius 2 is 1.81 bits per heavy atom. The minimum Gasteiger partial charge on any atom is -0.490 e. The van der Waals surface area contributed by atoms with E-state index in [2.05, 4.69) is 32.5 Å². The molecule has 0 aliphatic heterocycles. The molecule has 0 saturated heterocycles. The average molecular weight is 553 g/mol. The summed E-state index contributed by atoms with van der Waals surface area (Å²) in [7, 11) is 1.76. The molecular formula is C22H28IN5O2S. The van der Waals surface area contributed by atoms with Gasteiger partial charge in [-0.2, -0.15) is 0 Å². The van der Waals surface area contributed by atoms with Gasteiger partial charge in [0.1, 0.15) is 19.0 Å². The Morgan fingerprint density at radius 1 is 1.00 bits per heavy atom. The molecule has 0 saturated carbocycles. The molecule has 0 aliphatic carbocycles. The number of ether oxygens (including phenoxy) is 2. The predicted octanol–water partition coefficient (Wildman–Crippen LogP) is 3.83. The summed E-state index contributed by atoms with van der Waals surface area (Å²) in [6.45, 7) is 4.38. The zero-order valence-corrected chi connectivity index (χ0v) is 20.9. The van der Waals surface area contributed by atoms with Gasteiger partial charge in [-0.1, -0.05) is 24.3 Å². The number of benzene rings is 1. The molecule has 0 fully saturated rings. The van der Waals surface area contributed by atoms with Crippen molar-refractivity contribution < 1.29 is 9.47 Å². The molecule has 3 rings (SSSR count). The highest BCUT2D eigenvalue weighted by molar-refractivity contribution is 14.0. The quantitative estimate of drug-likeness (QED) is 0.172. The summed E-state index contributed by atoms with van der Waals surface area (Å²) < 4.78 is 11.2. The Hall–Kier alpha value is -2.40. The van der Waals surface area contributed by atoms with Crippen molar-refractivity contribution in [3.8, 4) is 11.6 Å². The van der Waals surface area contributed by atoms with E-state index >= 15 is 0 Å². The van der Waals surface area contributed by atoms with E-state index in [-0.39, 0.29) is 24.0 Å². The number of guanidine groups is 1. The van der Waals surface area contributed by atoms with Gasteiger partial charge in [-0.15, -0.1) is 35.3 Å². The van der Waals surface area contributed by atoms with Crippen LogP contribution in [0.25, 0.3) is 0 Å². The minimum atomic E-state index is 0. The third-order valence-electron chi connectivity index (χ3n) is 4.13. The summed E-state index contributed by atoms with van der Waals surface area (Å²) in [5, 5.41) is 7.72. The van der Waals surface area contributed by atoms with Gasteiger partial charge in [-0.25, -0.2) is 9.97 Å². The molecule has 0 bridgehead atoms. The number of rotatable bonds is 10. The van der Waals surface area contributed by atoms with Crippen molar-refractivity contribution in [3.05, 3.63) is 70.3 Å². The topological polar surface area (TPSA) is 80.7 Å². The van der Waals surface area contributed by atoms with E-state index in [1.54, 1.807) is 24.6 Å². The summed E-state index contributed by atoms with van der Waals surface area (Å²) in [5.74, 6) is 2.16. The number of thiazole rings is 1. The fourth-order valence-electron chi connectivity index (χ4n) is 2.63. The van der Waals surface area contributed by atoms with Crippen LogP contribution in [0.3, 0.4) is 0 Å². The second-order valence-corrected chi connectivity index (χ2v) is 7.80. The van der Waals surface area contributed by atoms with E-state index in [0.29, 0.717) is 25.6 Å². The van der Waals surface area contributed by atoms with Gasteiger partial charge in [0, 0.05) is 49.9 Å². The van der Waals surface area contributed by atoms with Crippen LogP contribution in [0.1, 0.15) is 15.4 Å². The minimum absolute atomic E-state index is 0. The van der Waals surface area contributed by atoms with Gasteiger partial charge in [-0.3, -0.25) is 4.99 Å². The van der Waals surface area contributed by atoms with Crippen LogP contribution in [-0.4, -0.2) is 42.7 Å². The number of para-hydroxylation sites is 1. The molecule has 166 valence electrons. The highest BCUT2D eigenvalue weighted by atomic mass is 127. The molecule has 0 aliphatic rings. The first-order chi connectivity index (χ1) is 14.7. The van der Waals surface area contributed by atoms with Crippen LogP contribution < -0.4 is 20.1 Å². The summed E-state index contributed by atoms with van der Waals surface area (Å²) in [6.07, 6.45) is 4.58. The van der Waals surface area contributed by atoms with E-state index in [0.717, 1.165) is 35.2 Å². The molecule has 0 atom stereocenters. The summed E-state index contributed by atoms with van der Waals surface area (Å²) >= 11 is 1.72. The summed E-state index contributed by atoms with van der Waals surface area (Å²) in [6, 6.07) is 13.5. The normalized spacial score (nSPS) is 10.8. The van der Waals surface area contributed by atoms with Crippen molar-refractivity contribution in [2.24, 2.45) is 4.99 Å². The molecule has 0 amide bonds. The third kappa shape index (κ3) is 9.09. The Morgan fingerprint density at radius 3 is 2.48 bits per heavy atom. The van der Waals surface area contributed by atoms with E-state index in [1.165, 1.54) is 4.88 Å². The second-order valence-electron chi connectivity index (χ2n) is 6.48. The number of nitrogens with zero attached hydrogens (tertiary/aromatic N) is 3. The number of hydrogen-bond acceptors (Lipinski definition) is 6. The van der Waals surface area contributed by atoms with Crippen LogP contribution in [-0.2, 0) is 13.0 Å². The van der Waals surface area contributed by atoms with Crippen molar-refractivity contribution in [3.63, 3.8) is 0 Å². The largest absolute Gasteiger partial charge is 0.490 e. The van der Waals surface area contributed by atoms with Crippen molar-refractivity contribution >= 4 is 41.3 Å². The van der Waals surface area contributed by atoms with Gasteiger partial charge in [0.25, 0.3) is 0 Å². The van der Waals surface area contributed by atoms with Gasteiger partial charge >= 0.3 is 0 Å². The first-order valence-corrected chi connectivity index (χ1v) is 10.7. The van der Waals surface area contributed by atoms with Crippen molar-refractivity contribution in [1.82, 2.24) is 20.6 Å². The average Bonchev–Trinajstić information content (AvgIpc) is 3.20. The molecule has 7 nitrogen and oxygen atoms in total. The van der Waals surface area contributed by atoms with E-state index in [1.807, 2.05) is 48.7 Å². The molecule has 2 N–H and O–H groups in total. The lowest BCUT2D eigenvalue weighted by Crippen LogP contribution is -2.37. The molecular weight excluding hydrogens is 525 g/mol. The van der Waals surface area contributed by atoms with Gasteiger partial charge in [-0.05, 0) is 24.6 Å². The zero-order valence-electron chi connectivity index (χ0n) is 17.7. The zero-order chi connectivity index (χ0) is 21.0. The molecule has 31 heavy (non-hydrogen) atoms. The SMILES string of the molecule is CN=C(NCCc1ncc(C)s1)NCc1ccc(OCCOc2ccccc2)nc1.I. The van der Waals surface area contributed by atoms with E-state index in [9.17, 15) is 0 Å². The van der Waals surface area contributed by atoms with Crippen LogP contribution in [0, 0.1) is 6.92 Å². The van der Waals surface area contributed by atoms with Crippen molar-refractivity contribution in [1.29, 1.82) is 0 Å². The number of halogens is 1. The predicted molar refractivity (Wildman–Crippen MR) is 136 cm³/mol. The molecule has 3 aromatic rings. The maximum Gasteiger partial charge on any atom is 0.213 e. The van der Waals surface area contributed by atoms with Crippen LogP contribution >= 0.6 is 35.3 Å². The van der Waals surface area contributed by atoms with Crippen LogP contribution in [0.15, 0.2) is 59.9 Å². The molecule has 2 aromatic heterocycles. The summed E-state index contributed by atoms with van der Waals surface area (Å²) in [5.41, 5.74) is 1.04. The van der Waals surface area contributed by atoms with Gasteiger partial charge < -0.3 is 20.1 Å². The third-order valence-corrected chi connectivity index (χ3v) is 5.10. The lowest BCUT2D eigenvalue weighted by atomic mass is 10.3. The number of aliphatic imine (C=N–C) groups is 1. The Labute approximate surface area is 204 Å². The van der Waals surface area contributed by atoms with Gasteiger partial charge in [0.15, 0.2) is 5.96 Å². The number of aryl methyl sites for hydroxylation is 1. The molecule has 1 aromatic carbocycles. The smallest absolute Gasteiger partial charge is 0.213 e. The number of hydrogen-bond donors (Lipinski definition) is 2. The Bertz CT molecular complexity index is 919. The highest BCUT2D eigenvalue weighted by Gasteiger charge is 2.02. The fourth-order valence-corrected chi connectivity index (χ4v) is 3.42. The standard InChI is InChI=1S/C22H27N5O2S.HI/c1-17-14-26-21(30-17)10-11-24-22(23-2)27-16-18-8-9-20(25-15-18)29-13-12-28-19-6-4-3-5-7-19;/h3-9,14-15H,10-13,16H2,1-2H3,(H2,23,24,27);1H. The van der Waals surface area contributed by atoms with Crippen molar-refractivity contribution in [2.45, 2.75) is 19.9 Å². The Kier molecular flexibility index (Phi) is 11.1.